The molecule has 0 N–H and O–H groups in total. The zero-order valence-corrected chi connectivity index (χ0v) is 13.9. The highest BCUT2D eigenvalue weighted by Crippen LogP contribution is 2.18. The van der Waals surface area contributed by atoms with Crippen LogP contribution in [0.4, 0.5) is 0 Å². The van der Waals surface area contributed by atoms with Crippen LogP contribution in [0.25, 0.3) is 10.9 Å². The Balaban J connectivity index is 1.41. The molecule has 1 aromatic carbocycles. The Morgan fingerprint density at radius 2 is 2.12 bits per heavy atom. The summed E-state index contributed by atoms with van der Waals surface area (Å²) in [6.45, 7) is 1.72. The summed E-state index contributed by atoms with van der Waals surface area (Å²) in [5.41, 5.74) is 1.08. The molecule has 2 aromatic heterocycles. The maximum absolute atomic E-state index is 12.7. The molecule has 0 radical (unpaired) electrons. The number of hydrogen-bond acceptors (Lipinski definition) is 4. The van der Waals surface area contributed by atoms with E-state index in [0.29, 0.717) is 19.0 Å². The van der Waals surface area contributed by atoms with Crippen LogP contribution < -0.4 is 4.74 Å². The van der Waals surface area contributed by atoms with Crippen LogP contribution in [-0.2, 0) is 11.3 Å². The van der Waals surface area contributed by atoms with Crippen LogP contribution in [0.1, 0.15) is 12.8 Å². The summed E-state index contributed by atoms with van der Waals surface area (Å²) in [5, 5.41) is 8.93. The molecule has 6 nitrogen and oxygen atoms in total. The highest BCUT2D eigenvalue weighted by molar-refractivity contribution is 5.83. The number of amides is 1. The number of rotatable bonds is 4. The molecule has 1 atom stereocenters. The minimum Gasteiger partial charge on any atom is -0.471 e. The summed E-state index contributed by atoms with van der Waals surface area (Å²) >= 11 is 0. The average molecular weight is 336 g/mol. The Bertz CT molecular complexity index is 862. The first kappa shape index (κ1) is 15.6. The van der Waals surface area contributed by atoms with Gasteiger partial charge in [-0.25, -0.2) is 0 Å². The fourth-order valence-electron chi connectivity index (χ4n) is 3.31. The molecule has 0 bridgehead atoms. The van der Waals surface area contributed by atoms with Crippen molar-refractivity contribution in [3.8, 4) is 5.88 Å². The van der Waals surface area contributed by atoms with Gasteiger partial charge < -0.3 is 14.2 Å². The third-order valence-electron chi connectivity index (χ3n) is 4.55. The number of ether oxygens (including phenoxy) is 1. The van der Waals surface area contributed by atoms with Crippen molar-refractivity contribution in [3.63, 3.8) is 0 Å². The molecule has 1 amide bonds. The second kappa shape index (κ2) is 6.93. The molecule has 0 saturated carbocycles. The Kier molecular flexibility index (Phi) is 4.33. The second-order valence-electron chi connectivity index (χ2n) is 6.29. The van der Waals surface area contributed by atoms with Gasteiger partial charge in [-0.2, -0.15) is 5.10 Å². The fraction of sp³-hybridized carbons (Fsp3) is 0.316. The van der Waals surface area contributed by atoms with Gasteiger partial charge >= 0.3 is 0 Å². The smallest absolute Gasteiger partial charge is 0.242 e. The van der Waals surface area contributed by atoms with Gasteiger partial charge in [0.15, 0.2) is 0 Å². The molecule has 1 aliphatic rings. The zero-order valence-electron chi connectivity index (χ0n) is 13.9. The maximum atomic E-state index is 12.7. The summed E-state index contributed by atoms with van der Waals surface area (Å²) in [6, 6.07) is 13.7. The van der Waals surface area contributed by atoms with Crippen LogP contribution in [0, 0.1) is 0 Å². The molecular weight excluding hydrogens is 316 g/mol. The predicted molar refractivity (Wildman–Crippen MR) is 94.2 cm³/mol. The predicted octanol–water partition coefficient (Wildman–Crippen LogP) is 2.50. The Morgan fingerprint density at radius 1 is 1.20 bits per heavy atom. The number of hydrogen-bond donors (Lipinski definition) is 0. The average Bonchev–Trinajstić information content (AvgIpc) is 3.06. The zero-order chi connectivity index (χ0) is 17.1. The second-order valence-corrected chi connectivity index (χ2v) is 6.29. The van der Waals surface area contributed by atoms with Gasteiger partial charge in [0.2, 0.25) is 11.8 Å². The van der Waals surface area contributed by atoms with Crippen molar-refractivity contribution in [1.82, 2.24) is 19.7 Å². The highest BCUT2D eigenvalue weighted by Gasteiger charge is 2.25. The van der Waals surface area contributed by atoms with Gasteiger partial charge in [0.25, 0.3) is 0 Å². The van der Waals surface area contributed by atoms with Gasteiger partial charge in [-0.05, 0) is 36.4 Å². The van der Waals surface area contributed by atoms with Crippen molar-refractivity contribution in [3.05, 3.63) is 54.9 Å². The molecule has 0 aliphatic carbocycles. The number of aromatic nitrogens is 3. The standard InChI is InChI=1S/C19H20N4O2/c24-19(14-22-12-9-15-5-1-2-7-17(15)22)23-11-4-6-16(13-23)25-18-8-3-10-20-21-18/h1-3,5,7-10,12,16H,4,6,11,13-14H2. The van der Waals surface area contributed by atoms with E-state index in [4.69, 9.17) is 4.74 Å². The number of benzene rings is 1. The minimum atomic E-state index is -0.0317. The van der Waals surface area contributed by atoms with Gasteiger partial charge in [-0.15, -0.1) is 5.10 Å². The molecule has 1 fully saturated rings. The first-order valence-electron chi connectivity index (χ1n) is 8.55. The number of carbonyl (C=O) groups excluding carboxylic acids is 1. The fourth-order valence-corrected chi connectivity index (χ4v) is 3.31. The van der Waals surface area contributed by atoms with Crippen molar-refractivity contribution in [2.45, 2.75) is 25.5 Å². The first-order valence-corrected chi connectivity index (χ1v) is 8.55. The quantitative estimate of drug-likeness (QED) is 0.734. The third-order valence-corrected chi connectivity index (χ3v) is 4.55. The third kappa shape index (κ3) is 3.47. The lowest BCUT2D eigenvalue weighted by molar-refractivity contribution is -0.134. The van der Waals surface area contributed by atoms with E-state index in [1.54, 1.807) is 18.3 Å². The SMILES string of the molecule is O=C(Cn1ccc2ccccc21)N1CCCC(Oc2cccnn2)C1. The van der Waals surface area contributed by atoms with E-state index in [9.17, 15) is 4.79 Å². The molecule has 25 heavy (non-hydrogen) atoms. The molecule has 1 unspecified atom stereocenters. The van der Waals surface area contributed by atoms with Crippen LogP contribution in [-0.4, -0.2) is 44.8 Å². The number of likely N-dealkylation sites (tertiary alicyclic amines) is 1. The number of nitrogens with zero attached hydrogens (tertiary/aromatic N) is 4. The van der Waals surface area contributed by atoms with Crippen LogP contribution in [0.2, 0.25) is 0 Å². The van der Waals surface area contributed by atoms with Gasteiger partial charge in [0.1, 0.15) is 12.6 Å². The largest absolute Gasteiger partial charge is 0.471 e. The summed E-state index contributed by atoms with van der Waals surface area (Å²) in [6.07, 6.45) is 5.41. The number of piperidine rings is 1. The lowest BCUT2D eigenvalue weighted by Gasteiger charge is -2.32. The minimum absolute atomic E-state index is 0.0317. The molecule has 128 valence electrons. The monoisotopic (exact) mass is 336 g/mol. The first-order chi connectivity index (χ1) is 12.3. The van der Waals surface area contributed by atoms with E-state index >= 15 is 0 Å². The van der Waals surface area contributed by atoms with Crippen molar-refractivity contribution in [2.24, 2.45) is 0 Å². The van der Waals surface area contributed by atoms with Crippen LogP contribution in [0.5, 0.6) is 5.88 Å². The van der Waals surface area contributed by atoms with Gasteiger partial charge in [0, 0.05) is 30.5 Å². The number of fused-ring (bicyclic) bond motifs is 1. The van der Waals surface area contributed by atoms with Gasteiger partial charge in [0.05, 0.1) is 6.54 Å². The molecule has 0 spiro atoms. The molecule has 3 heterocycles. The van der Waals surface area contributed by atoms with Gasteiger partial charge in [-0.3, -0.25) is 4.79 Å². The molecular formula is C19H20N4O2. The van der Waals surface area contributed by atoms with E-state index in [1.165, 1.54) is 0 Å². The van der Waals surface area contributed by atoms with Crippen molar-refractivity contribution < 1.29 is 9.53 Å². The van der Waals surface area contributed by atoms with Crippen molar-refractivity contribution in [2.75, 3.05) is 13.1 Å². The van der Waals surface area contributed by atoms with E-state index < -0.39 is 0 Å². The number of para-hydroxylation sites is 1. The van der Waals surface area contributed by atoms with Crippen LogP contribution in [0.3, 0.4) is 0 Å². The molecule has 1 saturated heterocycles. The van der Waals surface area contributed by atoms with E-state index in [0.717, 1.165) is 30.3 Å². The van der Waals surface area contributed by atoms with Crippen molar-refractivity contribution >= 4 is 16.8 Å². The molecule has 4 rings (SSSR count). The van der Waals surface area contributed by atoms with E-state index in [2.05, 4.69) is 16.3 Å². The normalized spacial score (nSPS) is 17.6. The Morgan fingerprint density at radius 3 is 3.00 bits per heavy atom. The maximum Gasteiger partial charge on any atom is 0.242 e. The summed E-state index contributed by atoms with van der Waals surface area (Å²) in [4.78, 5) is 14.6. The van der Waals surface area contributed by atoms with Gasteiger partial charge in [-0.1, -0.05) is 18.2 Å². The molecule has 3 aromatic rings. The number of carbonyl (C=O) groups is 1. The van der Waals surface area contributed by atoms with Crippen LogP contribution >= 0.6 is 0 Å². The molecule has 6 heteroatoms. The van der Waals surface area contributed by atoms with E-state index in [1.807, 2.05) is 39.9 Å². The lowest BCUT2D eigenvalue weighted by atomic mass is 10.1. The summed E-state index contributed by atoms with van der Waals surface area (Å²) in [5.74, 6) is 0.631. The van der Waals surface area contributed by atoms with Crippen molar-refractivity contribution in [1.29, 1.82) is 0 Å². The summed E-state index contributed by atoms with van der Waals surface area (Å²) in [7, 11) is 0. The van der Waals surface area contributed by atoms with E-state index in [-0.39, 0.29) is 12.0 Å². The molecule has 1 aliphatic heterocycles. The van der Waals surface area contributed by atoms with Crippen LogP contribution in [0.15, 0.2) is 54.9 Å². The Hall–Kier alpha value is -2.89. The highest BCUT2D eigenvalue weighted by atomic mass is 16.5. The Labute approximate surface area is 146 Å². The topological polar surface area (TPSA) is 60.2 Å². The lowest BCUT2D eigenvalue weighted by Crippen LogP contribution is -2.45. The summed E-state index contributed by atoms with van der Waals surface area (Å²) < 4.78 is 7.87.